The molecule has 0 amide bonds. The fourth-order valence-electron chi connectivity index (χ4n) is 6.09. The lowest BCUT2D eigenvalue weighted by Crippen LogP contribution is -2.60. The number of carbonyl (C=O) groups excluding carboxylic acids is 1. The summed E-state index contributed by atoms with van der Waals surface area (Å²) in [4.78, 5) is 12.5. The molecular weight excluding hydrogens is 752 g/mol. The van der Waals surface area contributed by atoms with Gasteiger partial charge in [-0.1, -0.05) is 6.07 Å². The number of phenols is 6. The number of ether oxygens (including phenoxy) is 6. The highest BCUT2D eigenvalue weighted by Crippen LogP contribution is 2.48. The molecular formula is C36H39O20+. The summed E-state index contributed by atoms with van der Waals surface area (Å²) in [5.41, 5.74) is 0.301. The maximum absolute atomic E-state index is 12.5. The Balaban J connectivity index is 1.29. The minimum Gasteiger partial charge on any atom is -0.571 e. The lowest BCUT2D eigenvalue weighted by atomic mass is 9.98. The predicted octanol–water partition coefficient (Wildman–Crippen LogP) is -1.48. The van der Waals surface area contributed by atoms with E-state index in [0.717, 1.165) is 24.3 Å². The highest BCUT2D eigenvalue weighted by molar-refractivity contribution is 5.87. The van der Waals surface area contributed by atoms with Gasteiger partial charge in [-0.25, -0.2) is 4.79 Å². The molecule has 3 aromatic rings. The van der Waals surface area contributed by atoms with Crippen molar-refractivity contribution in [2.24, 2.45) is 0 Å². The van der Waals surface area contributed by atoms with Crippen LogP contribution in [0.3, 0.4) is 0 Å². The number of phenolic OH excluding ortho intramolecular Hbond substituents is 6. The molecule has 1 unspecified atom stereocenters. The average molecular weight is 792 g/mol. The van der Waals surface area contributed by atoms with Crippen LogP contribution in [0.2, 0.25) is 0 Å². The first-order valence-corrected chi connectivity index (χ1v) is 16.8. The van der Waals surface area contributed by atoms with Gasteiger partial charge in [-0.3, -0.25) is 0 Å². The van der Waals surface area contributed by atoms with Crippen molar-refractivity contribution in [3.8, 4) is 46.0 Å². The molecule has 2 saturated heterocycles. The lowest BCUT2D eigenvalue weighted by Gasteiger charge is -2.41. The number of esters is 1. The van der Waals surface area contributed by atoms with Gasteiger partial charge < -0.3 is 94.8 Å². The quantitative estimate of drug-likeness (QED) is 0.0482. The Bertz CT molecular complexity index is 1960. The van der Waals surface area contributed by atoms with Crippen molar-refractivity contribution in [1.82, 2.24) is 0 Å². The van der Waals surface area contributed by atoms with E-state index in [1.165, 1.54) is 36.4 Å². The normalized spacial score (nSPS) is 30.2. The summed E-state index contributed by atoms with van der Waals surface area (Å²) >= 11 is 0. The van der Waals surface area contributed by atoms with Crippen LogP contribution in [0.25, 0.3) is 12.2 Å². The molecule has 0 radical (unpaired) electrons. The van der Waals surface area contributed by atoms with Crippen LogP contribution in [0.5, 0.6) is 46.0 Å². The van der Waals surface area contributed by atoms with E-state index in [-0.39, 0.29) is 34.1 Å². The summed E-state index contributed by atoms with van der Waals surface area (Å²) in [6, 6.07) is 8.06. The second-order valence-electron chi connectivity index (χ2n) is 13.0. The van der Waals surface area contributed by atoms with Gasteiger partial charge in [-0.2, -0.15) is 0 Å². The van der Waals surface area contributed by atoms with Gasteiger partial charge in [0.2, 0.25) is 12.6 Å². The van der Waals surface area contributed by atoms with Crippen LogP contribution < -0.4 is 4.74 Å². The standard InChI is InChI=1S/C36H38O20/c37-11-24-28(45)30(47)32(49)35(55-24)53-22-9-15(38)8-21-16(22)10-23(34(52-21)14-6-19(41)27(44)20(42)7-14)54-36-33(50)31(48)29(46)25(56-36)12-51-26(43)4-2-13-1-3-17(39)18(40)5-13/h1-10,24-25,28-42,44-50H,11-12H2/p+1/b4-2+/t24-,25-,28-,29-,30+,31-,32-,33-,34?,35-,36-/m1/s1. The van der Waals surface area contributed by atoms with E-state index in [2.05, 4.69) is 4.74 Å². The van der Waals surface area contributed by atoms with Crippen molar-refractivity contribution >= 4 is 18.1 Å². The first-order chi connectivity index (χ1) is 26.6. The van der Waals surface area contributed by atoms with Gasteiger partial charge in [0.15, 0.2) is 34.5 Å². The molecule has 20 heteroatoms. The zero-order valence-electron chi connectivity index (χ0n) is 28.7. The Labute approximate surface area is 315 Å². The Morgan fingerprint density at radius 3 is 1.98 bits per heavy atom. The fraction of sp³-hybridized carbons (Fsp3) is 0.361. The number of fused-ring (bicyclic) bond motifs is 1. The topological polar surface area (TPSA) is 339 Å². The van der Waals surface area contributed by atoms with Gasteiger partial charge in [-0.15, -0.1) is 0 Å². The van der Waals surface area contributed by atoms with Crippen LogP contribution in [-0.2, 0) is 23.7 Å². The van der Waals surface area contributed by atoms with Gasteiger partial charge in [-0.05, 0) is 35.9 Å². The first-order valence-electron chi connectivity index (χ1n) is 16.8. The van der Waals surface area contributed by atoms with E-state index in [1.54, 1.807) is 0 Å². The number of aliphatic hydroxyl groups excluding tert-OH is 7. The number of benzene rings is 3. The molecule has 56 heavy (non-hydrogen) atoms. The van der Waals surface area contributed by atoms with Gasteiger partial charge in [0.05, 0.1) is 18.2 Å². The molecule has 3 aliphatic rings. The average Bonchev–Trinajstić information content (AvgIpc) is 3.16. The Hall–Kier alpha value is -5.55. The molecule has 20 nitrogen and oxygen atoms in total. The van der Waals surface area contributed by atoms with E-state index >= 15 is 0 Å². The molecule has 302 valence electrons. The Kier molecular flexibility index (Phi) is 11.7. The number of aromatic hydroxyl groups is 7. The predicted molar refractivity (Wildman–Crippen MR) is 184 cm³/mol. The van der Waals surface area contributed by atoms with Crippen LogP contribution in [0.1, 0.15) is 22.8 Å². The molecule has 3 aromatic carbocycles. The Morgan fingerprint density at radius 2 is 1.34 bits per heavy atom. The molecule has 6 rings (SSSR count). The fourth-order valence-corrected chi connectivity index (χ4v) is 6.09. The molecule has 2 fully saturated rings. The second kappa shape index (κ2) is 16.3. The molecule has 0 aliphatic carbocycles. The van der Waals surface area contributed by atoms with Gasteiger partial charge in [0, 0.05) is 18.2 Å². The SMILES string of the molecule is O=C(/C=C/c1ccc(O)c(O)c1)OC[C@H]1O[C@@H](OC2=Cc3c(O[C@@H]4O[C@H](CO)[C@@H](O)[C@H](O)[C@H]4O)cc(O)cc3[OH+]C2c2cc(O)c(O)c(O)c2)[C@H](O)[C@H](O)[C@@H]1O. The number of hydrogen-bond acceptors (Lipinski definition) is 19. The largest absolute Gasteiger partial charge is 0.571 e. The molecule has 0 spiro atoms. The zero-order chi connectivity index (χ0) is 40.6. The first kappa shape index (κ1) is 40.1. The summed E-state index contributed by atoms with van der Waals surface area (Å²) in [6.45, 7) is -1.45. The van der Waals surface area contributed by atoms with Crippen LogP contribution in [0.15, 0.2) is 54.3 Å². The molecule has 0 aromatic heterocycles. The minimum atomic E-state index is -1.96. The van der Waals surface area contributed by atoms with Crippen LogP contribution in [0.4, 0.5) is 0 Å². The summed E-state index contributed by atoms with van der Waals surface area (Å²) in [6.07, 6.45) is -15.4. The number of aliphatic hydroxyl groups is 8. The van der Waals surface area contributed by atoms with Gasteiger partial charge in [0.1, 0.15) is 72.5 Å². The monoisotopic (exact) mass is 791 g/mol. The van der Waals surface area contributed by atoms with Crippen LogP contribution in [-0.4, -0.2) is 152 Å². The maximum atomic E-state index is 12.5. The molecule has 3 aliphatic heterocycles. The molecule has 0 saturated carbocycles. The van der Waals surface area contributed by atoms with Crippen molar-refractivity contribution in [2.45, 2.75) is 67.5 Å². The van der Waals surface area contributed by atoms with Crippen molar-refractivity contribution in [3.63, 3.8) is 0 Å². The van der Waals surface area contributed by atoms with Crippen LogP contribution in [0, 0.1) is 0 Å². The van der Waals surface area contributed by atoms with E-state index in [4.69, 9.17) is 23.7 Å². The summed E-state index contributed by atoms with van der Waals surface area (Å²) in [7, 11) is 0. The zero-order valence-corrected chi connectivity index (χ0v) is 28.7. The summed E-state index contributed by atoms with van der Waals surface area (Å²) in [5.74, 6) is -5.15. The Morgan fingerprint density at radius 1 is 0.714 bits per heavy atom. The van der Waals surface area contributed by atoms with Crippen molar-refractivity contribution in [3.05, 3.63) is 71.0 Å². The maximum Gasteiger partial charge on any atom is 0.330 e. The van der Waals surface area contributed by atoms with E-state index in [0.29, 0.717) is 5.56 Å². The highest BCUT2D eigenvalue weighted by atomic mass is 16.7. The molecule has 3 heterocycles. The van der Waals surface area contributed by atoms with E-state index < -0.39 is 115 Å². The summed E-state index contributed by atoms with van der Waals surface area (Å²) < 4.78 is 32.7. The number of rotatable bonds is 10. The van der Waals surface area contributed by atoms with Gasteiger partial charge in [0.25, 0.3) is 11.9 Å². The molecule has 0 bridgehead atoms. The third kappa shape index (κ3) is 8.18. The minimum absolute atomic E-state index is 0.00308. The van der Waals surface area contributed by atoms with E-state index in [9.17, 15) is 71.2 Å². The van der Waals surface area contributed by atoms with Crippen molar-refractivity contribution in [2.75, 3.05) is 13.2 Å². The second-order valence-corrected chi connectivity index (χ2v) is 13.0. The van der Waals surface area contributed by atoms with Gasteiger partial charge >= 0.3 is 5.97 Å². The third-order valence-corrected chi connectivity index (χ3v) is 9.15. The molecule has 11 atom stereocenters. The lowest BCUT2D eigenvalue weighted by molar-refractivity contribution is -0.296. The van der Waals surface area contributed by atoms with Crippen molar-refractivity contribution < 1.29 is 99.6 Å². The smallest absolute Gasteiger partial charge is 0.330 e. The molecule has 14 N–H and O–H groups in total. The van der Waals surface area contributed by atoms with E-state index in [1.807, 2.05) is 0 Å². The number of carbonyl (C=O) groups is 1. The van der Waals surface area contributed by atoms with Crippen molar-refractivity contribution in [1.29, 1.82) is 0 Å². The number of hydrogen-bond donors (Lipinski definition) is 13. The van der Waals surface area contributed by atoms with Crippen LogP contribution >= 0.6 is 0 Å². The summed E-state index contributed by atoms with van der Waals surface area (Å²) in [5, 5.41) is 133. The third-order valence-electron chi connectivity index (χ3n) is 9.15. The highest BCUT2D eigenvalue weighted by Gasteiger charge is 2.48.